The van der Waals surface area contributed by atoms with E-state index in [0.29, 0.717) is 23.1 Å². The summed E-state index contributed by atoms with van der Waals surface area (Å²) in [7, 11) is 0. The largest absolute Gasteiger partial charge is 0.432 e. The van der Waals surface area contributed by atoms with Gasteiger partial charge in [0, 0.05) is 12.0 Å². The van der Waals surface area contributed by atoms with Crippen molar-refractivity contribution in [3.63, 3.8) is 0 Å². The van der Waals surface area contributed by atoms with Gasteiger partial charge in [0.15, 0.2) is 5.78 Å². The van der Waals surface area contributed by atoms with Crippen LogP contribution in [0.2, 0.25) is 0 Å². The van der Waals surface area contributed by atoms with Crippen molar-refractivity contribution in [1.29, 1.82) is 0 Å². The number of aryl methyl sites for hydroxylation is 1. The second-order valence-corrected chi connectivity index (χ2v) is 4.63. The highest BCUT2D eigenvalue weighted by Gasteiger charge is 2.19. The van der Waals surface area contributed by atoms with Crippen LogP contribution in [0.1, 0.15) is 58.5 Å². The minimum atomic E-state index is -1.10. The lowest BCUT2D eigenvalue weighted by Gasteiger charge is -2.14. The lowest BCUT2D eigenvalue weighted by molar-refractivity contribution is -0.0685. The van der Waals surface area contributed by atoms with Crippen LogP contribution in [0.25, 0.3) is 0 Å². The van der Waals surface area contributed by atoms with Crippen molar-refractivity contribution < 1.29 is 19.4 Å². The van der Waals surface area contributed by atoms with E-state index in [0.717, 1.165) is 12.0 Å². The summed E-state index contributed by atoms with van der Waals surface area (Å²) in [5.74, 6) is -0.681. The molecule has 0 fully saturated rings. The van der Waals surface area contributed by atoms with E-state index in [2.05, 4.69) is 0 Å². The van der Waals surface area contributed by atoms with E-state index in [1.54, 1.807) is 19.1 Å². The first kappa shape index (κ1) is 15.4. The molecule has 0 radical (unpaired) electrons. The molecule has 0 aromatic heterocycles. The van der Waals surface area contributed by atoms with Crippen LogP contribution in [-0.4, -0.2) is 23.1 Å². The Balaban J connectivity index is 3.05. The SMILES string of the molecule is CCCC(O)OC(=O)c1ccc(C)c(C(C)=O)c1C. The Morgan fingerprint density at radius 1 is 1.32 bits per heavy atom. The molecule has 0 aliphatic rings. The van der Waals surface area contributed by atoms with E-state index in [4.69, 9.17) is 4.74 Å². The molecular weight excluding hydrogens is 244 g/mol. The van der Waals surface area contributed by atoms with Crippen molar-refractivity contribution in [1.82, 2.24) is 0 Å². The van der Waals surface area contributed by atoms with Crippen LogP contribution in [-0.2, 0) is 4.74 Å². The molecule has 0 amide bonds. The molecule has 0 saturated carbocycles. The Morgan fingerprint density at radius 2 is 1.95 bits per heavy atom. The zero-order chi connectivity index (χ0) is 14.6. The van der Waals surface area contributed by atoms with Gasteiger partial charge in [0.2, 0.25) is 6.29 Å². The summed E-state index contributed by atoms with van der Waals surface area (Å²) in [5, 5.41) is 9.49. The number of rotatable bonds is 5. The van der Waals surface area contributed by atoms with Gasteiger partial charge in [-0.05, 0) is 38.0 Å². The summed E-state index contributed by atoms with van der Waals surface area (Å²) >= 11 is 0. The quantitative estimate of drug-likeness (QED) is 0.504. The molecule has 4 nitrogen and oxygen atoms in total. The van der Waals surface area contributed by atoms with Gasteiger partial charge in [0.25, 0.3) is 0 Å². The van der Waals surface area contributed by atoms with Crippen molar-refractivity contribution in [3.8, 4) is 0 Å². The van der Waals surface area contributed by atoms with Crippen LogP contribution >= 0.6 is 0 Å². The van der Waals surface area contributed by atoms with Crippen molar-refractivity contribution in [2.75, 3.05) is 0 Å². The molecule has 1 rings (SSSR count). The molecule has 4 heteroatoms. The summed E-state index contributed by atoms with van der Waals surface area (Å²) in [6.07, 6.45) is 0.0231. The number of Topliss-reactive ketones (excluding diaryl/α,β-unsaturated/α-hetero) is 1. The highest BCUT2D eigenvalue weighted by atomic mass is 16.6. The lowest BCUT2D eigenvalue weighted by Crippen LogP contribution is -2.19. The number of hydrogen-bond donors (Lipinski definition) is 1. The van der Waals surface area contributed by atoms with Gasteiger partial charge < -0.3 is 9.84 Å². The normalized spacial score (nSPS) is 12.1. The molecule has 1 atom stereocenters. The zero-order valence-electron chi connectivity index (χ0n) is 11.8. The monoisotopic (exact) mass is 264 g/mol. The molecule has 0 aliphatic carbocycles. The molecule has 0 bridgehead atoms. The fourth-order valence-corrected chi connectivity index (χ4v) is 2.10. The molecule has 1 unspecified atom stereocenters. The van der Waals surface area contributed by atoms with Gasteiger partial charge in [0.1, 0.15) is 0 Å². The predicted molar refractivity (Wildman–Crippen MR) is 72.3 cm³/mol. The topological polar surface area (TPSA) is 63.6 Å². The van der Waals surface area contributed by atoms with E-state index in [-0.39, 0.29) is 5.78 Å². The van der Waals surface area contributed by atoms with Crippen LogP contribution in [0.5, 0.6) is 0 Å². The number of carbonyl (C=O) groups excluding carboxylic acids is 2. The van der Waals surface area contributed by atoms with E-state index >= 15 is 0 Å². The van der Waals surface area contributed by atoms with Gasteiger partial charge in [-0.15, -0.1) is 0 Å². The molecule has 19 heavy (non-hydrogen) atoms. The Labute approximate surface area is 113 Å². The highest BCUT2D eigenvalue weighted by molar-refractivity contribution is 6.01. The number of benzene rings is 1. The lowest BCUT2D eigenvalue weighted by atomic mass is 9.95. The zero-order valence-corrected chi connectivity index (χ0v) is 11.8. The maximum Gasteiger partial charge on any atom is 0.340 e. The van der Waals surface area contributed by atoms with Gasteiger partial charge in [-0.3, -0.25) is 4.79 Å². The Kier molecular flexibility index (Phi) is 5.24. The average molecular weight is 264 g/mol. The third-order valence-corrected chi connectivity index (χ3v) is 3.02. The molecular formula is C15H20O4. The van der Waals surface area contributed by atoms with Crippen LogP contribution in [0.3, 0.4) is 0 Å². The van der Waals surface area contributed by atoms with Gasteiger partial charge in [0.05, 0.1) is 5.56 Å². The van der Waals surface area contributed by atoms with E-state index in [9.17, 15) is 14.7 Å². The summed E-state index contributed by atoms with van der Waals surface area (Å²) < 4.78 is 4.94. The molecule has 0 saturated heterocycles. The van der Waals surface area contributed by atoms with Crippen LogP contribution in [0.15, 0.2) is 12.1 Å². The van der Waals surface area contributed by atoms with Crippen LogP contribution in [0.4, 0.5) is 0 Å². The predicted octanol–water partition coefficient (Wildman–Crippen LogP) is 2.78. The first-order valence-corrected chi connectivity index (χ1v) is 6.38. The molecule has 0 heterocycles. The highest BCUT2D eigenvalue weighted by Crippen LogP contribution is 2.20. The third kappa shape index (κ3) is 3.64. The molecule has 1 N–H and O–H groups in total. The average Bonchev–Trinajstić information content (AvgIpc) is 2.28. The Morgan fingerprint density at radius 3 is 2.47 bits per heavy atom. The summed E-state index contributed by atoms with van der Waals surface area (Å²) in [6.45, 7) is 6.90. The van der Waals surface area contributed by atoms with Crippen molar-refractivity contribution >= 4 is 11.8 Å². The molecule has 104 valence electrons. The number of esters is 1. The van der Waals surface area contributed by atoms with Crippen molar-refractivity contribution in [3.05, 3.63) is 34.4 Å². The van der Waals surface area contributed by atoms with E-state index < -0.39 is 12.3 Å². The summed E-state index contributed by atoms with van der Waals surface area (Å²) in [6, 6.07) is 3.34. The summed E-state index contributed by atoms with van der Waals surface area (Å²) in [5.41, 5.74) is 2.29. The molecule has 0 aliphatic heterocycles. The Hall–Kier alpha value is -1.68. The standard InChI is InChI=1S/C15H20O4/c1-5-6-13(17)19-15(18)12-8-7-9(2)14(10(12)3)11(4)16/h7-8,13,17H,5-6H2,1-4H3. The van der Waals surface area contributed by atoms with Gasteiger partial charge in [-0.2, -0.15) is 0 Å². The van der Waals surface area contributed by atoms with E-state index in [1.807, 2.05) is 13.8 Å². The third-order valence-electron chi connectivity index (χ3n) is 3.02. The summed E-state index contributed by atoms with van der Waals surface area (Å²) in [4.78, 5) is 23.5. The number of hydrogen-bond acceptors (Lipinski definition) is 4. The second-order valence-electron chi connectivity index (χ2n) is 4.63. The number of aliphatic hydroxyl groups excluding tert-OH is 1. The minimum Gasteiger partial charge on any atom is -0.432 e. The molecule has 1 aromatic carbocycles. The molecule has 1 aromatic rings. The first-order chi connectivity index (χ1) is 8.88. The number of ether oxygens (including phenoxy) is 1. The first-order valence-electron chi connectivity index (χ1n) is 6.38. The number of ketones is 1. The second kappa shape index (κ2) is 6.48. The van der Waals surface area contributed by atoms with Crippen molar-refractivity contribution in [2.24, 2.45) is 0 Å². The van der Waals surface area contributed by atoms with Crippen molar-refractivity contribution in [2.45, 2.75) is 46.8 Å². The maximum absolute atomic E-state index is 11.9. The minimum absolute atomic E-state index is 0.0845. The Bertz CT molecular complexity index is 491. The van der Waals surface area contributed by atoms with E-state index in [1.165, 1.54) is 6.92 Å². The maximum atomic E-state index is 11.9. The number of carbonyl (C=O) groups is 2. The van der Waals surface area contributed by atoms with Gasteiger partial charge in [-0.25, -0.2) is 4.79 Å². The van der Waals surface area contributed by atoms with Gasteiger partial charge in [-0.1, -0.05) is 19.4 Å². The fourth-order valence-electron chi connectivity index (χ4n) is 2.10. The van der Waals surface area contributed by atoms with Crippen LogP contribution in [0, 0.1) is 13.8 Å². The number of aliphatic hydroxyl groups is 1. The van der Waals surface area contributed by atoms with Crippen LogP contribution < -0.4 is 0 Å². The molecule has 0 spiro atoms. The smallest absolute Gasteiger partial charge is 0.340 e. The van der Waals surface area contributed by atoms with Gasteiger partial charge >= 0.3 is 5.97 Å². The fraction of sp³-hybridized carbons (Fsp3) is 0.467.